The van der Waals surface area contributed by atoms with Gasteiger partial charge >= 0.3 is 0 Å². The molecule has 33 heavy (non-hydrogen) atoms. The first-order valence-corrected chi connectivity index (χ1v) is 12.9. The fourth-order valence-electron chi connectivity index (χ4n) is 5.04. The van der Waals surface area contributed by atoms with Crippen molar-refractivity contribution in [2.75, 3.05) is 6.54 Å². The van der Waals surface area contributed by atoms with Crippen molar-refractivity contribution in [3.8, 4) is 0 Å². The van der Waals surface area contributed by atoms with E-state index in [0.717, 1.165) is 34.3 Å². The Morgan fingerprint density at radius 1 is 0.939 bits per heavy atom. The smallest absolute Gasteiger partial charge is 0.264 e. The molecule has 1 heterocycles. The van der Waals surface area contributed by atoms with Crippen molar-refractivity contribution in [3.63, 3.8) is 0 Å². The van der Waals surface area contributed by atoms with E-state index >= 15 is 0 Å². The van der Waals surface area contributed by atoms with E-state index in [1.54, 1.807) is 16.4 Å². The summed E-state index contributed by atoms with van der Waals surface area (Å²) in [7, 11) is -3.66. The minimum absolute atomic E-state index is 0.126. The van der Waals surface area contributed by atoms with Gasteiger partial charge in [-0.1, -0.05) is 66.2 Å². The summed E-state index contributed by atoms with van der Waals surface area (Å²) in [5, 5.41) is 1.20. The lowest BCUT2D eigenvalue weighted by Crippen LogP contribution is -2.30. The quantitative estimate of drug-likeness (QED) is 0.361. The average molecular weight is 457 g/mol. The minimum Gasteiger partial charge on any atom is -0.361 e. The van der Waals surface area contributed by atoms with Gasteiger partial charge in [0, 0.05) is 35.3 Å². The first kappa shape index (κ1) is 21.5. The Bertz CT molecular complexity index is 1420. The number of benzene rings is 3. The number of hydrogen-bond donors (Lipinski definition) is 1. The van der Waals surface area contributed by atoms with E-state index in [9.17, 15) is 8.42 Å². The molecule has 0 aliphatic heterocycles. The molecule has 1 atom stereocenters. The Kier molecular flexibility index (Phi) is 5.59. The van der Waals surface area contributed by atoms with Crippen molar-refractivity contribution in [1.82, 2.24) is 9.29 Å². The lowest BCUT2D eigenvalue weighted by molar-refractivity contribution is 0.483. The standard InChI is InChI=1S/C28H28N2O2S/c1-3-30(33(31,32)22-15-13-20(2)14-16-22)27-18-17-24(28(27)21-9-5-4-6-10-21)25-19-29-26-12-8-7-11-23(25)26/h4-16,19,24,29H,3,17-18H2,1-2H3/t24-/m1/s1. The summed E-state index contributed by atoms with van der Waals surface area (Å²) in [6.45, 7) is 4.27. The van der Waals surface area contributed by atoms with E-state index < -0.39 is 10.0 Å². The number of aromatic amines is 1. The Morgan fingerprint density at radius 2 is 1.64 bits per heavy atom. The van der Waals surface area contributed by atoms with E-state index in [1.165, 1.54) is 10.9 Å². The van der Waals surface area contributed by atoms with Gasteiger partial charge in [0.25, 0.3) is 10.0 Å². The molecule has 0 fully saturated rings. The SMILES string of the molecule is CCN(C1=C(c2ccccc2)[C@@H](c2c[nH]c3ccccc23)CC1)S(=O)(=O)c1ccc(C)cc1. The van der Waals surface area contributed by atoms with E-state index in [-0.39, 0.29) is 5.92 Å². The topological polar surface area (TPSA) is 53.2 Å². The third-order valence-electron chi connectivity index (χ3n) is 6.61. The summed E-state index contributed by atoms with van der Waals surface area (Å²) in [5.41, 5.74) is 6.47. The van der Waals surface area contributed by atoms with Crippen molar-refractivity contribution in [2.24, 2.45) is 0 Å². The highest BCUT2D eigenvalue weighted by atomic mass is 32.2. The van der Waals surface area contributed by atoms with E-state index in [1.807, 2.05) is 50.2 Å². The van der Waals surface area contributed by atoms with Crippen LogP contribution in [0.4, 0.5) is 0 Å². The van der Waals surface area contributed by atoms with Crippen LogP contribution in [0.2, 0.25) is 0 Å². The molecule has 5 heteroatoms. The molecule has 1 aliphatic carbocycles. The summed E-state index contributed by atoms with van der Waals surface area (Å²) in [4.78, 5) is 3.74. The molecule has 0 radical (unpaired) electrons. The van der Waals surface area contributed by atoms with Crippen molar-refractivity contribution in [1.29, 1.82) is 0 Å². The Balaban J connectivity index is 1.68. The largest absolute Gasteiger partial charge is 0.361 e. The third kappa shape index (κ3) is 3.76. The molecule has 4 aromatic rings. The number of H-pyrrole nitrogens is 1. The van der Waals surface area contributed by atoms with Gasteiger partial charge in [0.15, 0.2) is 0 Å². The van der Waals surface area contributed by atoms with Gasteiger partial charge in [-0.05, 0) is 61.6 Å². The molecule has 0 saturated heterocycles. The zero-order chi connectivity index (χ0) is 23.0. The summed E-state index contributed by atoms with van der Waals surface area (Å²) < 4.78 is 29.1. The molecular weight excluding hydrogens is 428 g/mol. The van der Waals surface area contributed by atoms with Gasteiger partial charge < -0.3 is 4.98 Å². The van der Waals surface area contributed by atoms with Gasteiger partial charge in [-0.25, -0.2) is 8.42 Å². The second kappa shape index (κ2) is 8.56. The van der Waals surface area contributed by atoms with Gasteiger partial charge in [-0.15, -0.1) is 0 Å². The van der Waals surface area contributed by atoms with E-state index in [2.05, 4.69) is 41.5 Å². The van der Waals surface area contributed by atoms with Crippen LogP contribution >= 0.6 is 0 Å². The second-order valence-electron chi connectivity index (χ2n) is 8.59. The molecule has 0 bridgehead atoms. The molecule has 1 N–H and O–H groups in total. The number of fused-ring (bicyclic) bond motifs is 1. The van der Waals surface area contributed by atoms with Crippen molar-refractivity contribution in [3.05, 3.63) is 107 Å². The van der Waals surface area contributed by atoms with Crippen LogP contribution < -0.4 is 0 Å². The molecule has 3 aromatic carbocycles. The fourth-order valence-corrected chi connectivity index (χ4v) is 6.60. The number of rotatable bonds is 6. The van der Waals surface area contributed by atoms with Gasteiger partial charge in [0.05, 0.1) is 4.90 Å². The van der Waals surface area contributed by atoms with Crippen LogP contribution in [-0.2, 0) is 10.0 Å². The first-order valence-electron chi connectivity index (χ1n) is 11.4. The molecule has 5 rings (SSSR count). The average Bonchev–Trinajstić information content (AvgIpc) is 3.44. The zero-order valence-corrected chi connectivity index (χ0v) is 19.8. The number of para-hydroxylation sites is 1. The lowest BCUT2D eigenvalue weighted by atomic mass is 9.88. The number of sulfonamides is 1. The maximum absolute atomic E-state index is 13.7. The number of nitrogens with zero attached hydrogens (tertiary/aromatic N) is 1. The number of nitrogens with one attached hydrogen (secondary N) is 1. The molecule has 168 valence electrons. The molecule has 4 nitrogen and oxygen atoms in total. The van der Waals surface area contributed by atoms with Crippen LogP contribution in [0.1, 0.15) is 42.4 Å². The predicted molar refractivity (Wildman–Crippen MR) is 134 cm³/mol. The second-order valence-corrected chi connectivity index (χ2v) is 10.5. The van der Waals surface area contributed by atoms with E-state index in [4.69, 9.17) is 0 Å². The summed E-state index contributed by atoms with van der Waals surface area (Å²) in [6, 6.07) is 25.7. The summed E-state index contributed by atoms with van der Waals surface area (Å²) >= 11 is 0. The van der Waals surface area contributed by atoms with Crippen molar-refractivity contribution >= 4 is 26.5 Å². The molecule has 1 aromatic heterocycles. The molecule has 0 spiro atoms. The maximum atomic E-state index is 13.7. The van der Waals surface area contributed by atoms with Gasteiger partial charge in [0.2, 0.25) is 0 Å². The van der Waals surface area contributed by atoms with Crippen LogP contribution in [0.15, 0.2) is 95.7 Å². The van der Waals surface area contributed by atoms with Gasteiger partial charge in [-0.3, -0.25) is 4.31 Å². The zero-order valence-electron chi connectivity index (χ0n) is 19.0. The Hall–Kier alpha value is -3.31. The monoisotopic (exact) mass is 456 g/mol. The molecule has 0 amide bonds. The van der Waals surface area contributed by atoms with Crippen LogP contribution in [0.3, 0.4) is 0 Å². The Labute approximate surface area is 195 Å². The number of aromatic nitrogens is 1. The number of aryl methyl sites for hydroxylation is 1. The third-order valence-corrected chi connectivity index (χ3v) is 8.53. The van der Waals surface area contributed by atoms with Gasteiger partial charge in [-0.2, -0.15) is 0 Å². The predicted octanol–water partition coefficient (Wildman–Crippen LogP) is 6.48. The number of hydrogen-bond acceptors (Lipinski definition) is 2. The highest BCUT2D eigenvalue weighted by molar-refractivity contribution is 7.89. The minimum atomic E-state index is -3.66. The van der Waals surface area contributed by atoms with Crippen molar-refractivity contribution < 1.29 is 8.42 Å². The number of allylic oxidation sites excluding steroid dienone is 2. The summed E-state index contributed by atoms with van der Waals surface area (Å²) in [6.07, 6.45) is 3.68. The van der Waals surface area contributed by atoms with Crippen molar-refractivity contribution in [2.45, 2.75) is 37.5 Å². The van der Waals surface area contributed by atoms with E-state index in [0.29, 0.717) is 17.9 Å². The lowest BCUT2D eigenvalue weighted by Gasteiger charge is -2.26. The molecule has 0 saturated carbocycles. The molecule has 0 unspecified atom stereocenters. The highest BCUT2D eigenvalue weighted by Crippen LogP contribution is 2.48. The van der Waals surface area contributed by atoms with Crippen LogP contribution in [0, 0.1) is 6.92 Å². The molecule has 1 aliphatic rings. The Morgan fingerprint density at radius 3 is 2.36 bits per heavy atom. The normalized spacial score (nSPS) is 16.5. The van der Waals surface area contributed by atoms with Gasteiger partial charge in [0.1, 0.15) is 0 Å². The first-order chi connectivity index (χ1) is 16.0. The maximum Gasteiger partial charge on any atom is 0.264 e. The highest BCUT2D eigenvalue weighted by Gasteiger charge is 2.36. The van der Waals surface area contributed by atoms with Crippen LogP contribution in [0.5, 0.6) is 0 Å². The molecular formula is C28H28N2O2S. The van der Waals surface area contributed by atoms with Crippen LogP contribution in [-0.4, -0.2) is 24.3 Å². The fraction of sp³-hybridized carbons (Fsp3) is 0.214. The summed E-state index contributed by atoms with van der Waals surface area (Å²) in [5.74, 6) is 0.126. The van der Waals surface area contributed by atoms with Crippen LogP contribution in [0.25, 0.3) is 16.5 Å².